The third kappa shape index (κ3) is 2.61. The minimum Gasteiger partial charge on any atom is -0.491 e. The topological polar surface area (TPSA) is 59.7 Å². The van der Waals surface area contributed by atoms with Crippen molar-refractivity contribution in [3.05, 3.63) is 64.5 Å². The number of hydrogen-bond acceptors (Lipinski definition) is 4. The highest BCUT2D eigenvalue weighted by atomic mass is 16.5. The number of fused-ring (bicyclic) bond motifs is 1. The summed E-state index contributed by atoms with van der Waals surface area (Å²) < 4.78 is 11.0. The van der Waals surface area contributed by atoms with E-state index in [-0.39, 0.29) is 18.6 Å². The molecule has 0 saturated carbocycles. The SMILES string of the molecule is Cc1cc(OCCO)cc2occ(-c3ccccc3)c(=O)c12. The van der Waals surface area contributed by atoms with Crippen molar-refractivity contribution in [1.82, 2.24) is 0 Å². The van der Waals surface area contributed by atoms with Crippen molar-refractivity contribution < 1.29 is 14.3 Å². The van der Waals surface area contributed by atoms with Crippen LogP contribution in [0.15, 0.2) is 57.9 Å². The first-order valence-electron chi connectivity index (χ1n) is 7.06. The molecule has 1 aromatic heterocycles. The maximum absolute atomic E-state index is 12.7. The quantitative estimate of drug-likeness (QED) is 0.803. The molecule has 0 aliphatic rings. The second-order valence-electron chi connectivity index (χ2n) is 5.03. The molecular weight excluding hydrogens is 280 g/mol. The Bertz CT molecular complexity index is 850. The molecule has 0 aliphatic carbocycles. The van der Waals surface area contributed by atoms with Crippen molar-refractivity contribution in [2.75, 3.05) is 13.2 Å². The minimum atomic E-state index is -0.0615. The van der Waals surface area contributed by atoms with Gasteiger partial charge in [-0.05, 0) is 24.1 Å². The van der Waals surface area contributed by atoms with Gasteiger partial charge in [-0.15, -0.1) is 0 Å². The van der Waals surface area contributed by atoms with E-state index in [1.54, 1.807) is 12.1 Å². The average molecular weight is 296 g/mol. The fourth-order valence-electron chi connectivity index (χ4n) is 2.48. The Balaban J connectivity index is 2.16. The summed E-state index contributed by atoms with van der Waals surface area (Å²) in [5.74, 6) is 0.578. The van der Waals surface area contributed by atoms with Crippen LogP contribution in [0.1, 0.15) is 5.56 Å². The van der Waals surface area contributed by atoms with Gasteiger partial charge in [0.25, 0.3) is 0 Å². The lowest BCUT2D eigenvalue weighted by Crippen LogP contribution is -2.07. The lowest BCUT2D eigenvalue weighted by molar-refractivity contribution is 0.201. The van der Waals surface area contributed by atoms with E-state index in [2.05, 4.69) is 0 Å². The molecule has 3 aromatic rings. The molecule has 1 N–H and O–H groups in total. The largest absolute Gasteiger partial charge is 0.491 e. The van der Waals surface area contributed by atoms with Crippen LogP contribution < -0.4 is 10.2 Å². The molecule has 0 fully saturated rings. The third-order valence-corrected chi connectivity index (χ3v) is 3.49. The Morgan fingerprint density at radius 2 is 1.95 bits per heavy atom. The molecule has 22 heavy (non-hydrogen) atoms. The lowest BCUT2D eigenvalue weighted by atomic mass is 10.0. The summed E-state index contributed by atoms with van der Waals surface area (Å²) in [4.78, 5) is 12.7. The van der Waals surface area contributed by atoms with Crippen molar-refractivity contribution in [1.29, 1.82) is 0 Å². The van der Waals surface area contributed by atoms with Crippen LogP contribution >= 0.6 is 0 Å². The van der Waals surface area contributed by atoms with Crippen molar-refractivity contribution in [3.8, 4) is 16.9 Å². The number of ether oxygens (including phenoxy) is 1. The summed E-state index contributed by atoms with van der Waals surface area (Å²) in [6, 6.07) is 12.9. The molecule has 2 aromatic carbocycles. The normalized spacial score (nSPS) is 10.8. The fraction of sp³-hybridized carbons (Fsp3) is 0.167. The second kappa shape index (κ2) is 6.03. The predicted octanol–water partition coefficient (Wildman–Crippen LogP) is 3.14. The maximum Gasteiger partial charge on any atom is 0.200 e. The van der Waals surface area contributed by atoms with Crippen LogP contribution in [-0.4, -0.2) is 18.3 Å². The van der Waals surface area contributed by atoms with Gasteiger partial charge in [-0.25, -0.2) is 0 Å². The standard InChI is InChI=1S/C18H16O4/c1-12-9-14(21-8-7-19)10-16-17(12)18(20)15(11-22-16)13-5-3-2-4-6-13/h2-6,9-11,19H,7-8H2,1H3. The summed E-state index contributed by atoms with van der Waals surface area (Å²) in [5, 5.41) is 9.37. The van der Waals surface area contributed by atoms with Crippen LogP contribution in [0.25, 0.3) is 22.1 Å². The van der Waals surface area contributed by atoms with Crippen LogP contribution in [0.2, 0.25) is 0 Å². The summed E-state index contributed by atoms with van der Waals surface area (Å²) in [7, 11) is 0. The Morgan fingerprint density at radius 3 is 2.68 bits per heavy atom. The number of benzene rings is 2. The Kier molecular flexibility index (Phi) is 3.94. The zero-order valence-corrected chi connectivity index (χ0v) is 12.2. The van der Waals surface area contributed by atoms with Gasteiger partial charge >= 0.3 is 0 Å². The summed E-state index contributed by atoms with van der Waals surface area (Å²) in [6.07, 6.45) is 1.48. The molecule has 0 unspecified atom stereocenters. The first kappa shape index (κ1) is 14.4. The summed E-state index contributed by atoms with van der Waals surface area (Å²) in [6.45, 7) is 1.99. The van der Waals surface area contributed by atoms with E-state index in [1.807, 2.05) is 37.3 Å². The molecule has 0 bridgehead atoms. The van der Waals surface area contributed by atoms with E-state index in [1.165, 1.54) is 6.26 Å². The first-order valence-corrected chi connectivity index (χ1v) is 7.06. The van der Waals surface area contributed by atoms with E-state index < -0.39 is 0 Å². The number of hydrogen-bond donors (Lipinski definition) is 1. The highest BCUT2D eigenvalue weighted by molar-refractivity contribution is 5.85. The van der Waals surface area contributed by atoms with Gasteiger partial charge < -0.3 is 14.3 Å². The molecule has 1 heterocycles. The van der Waals surface area contributed by atoms with E-state index in [0.717, 1.165) is 11.1 Å². The zero-order valence-electron chi connectivity index (χ0n) is 12.2. The van der Waals surface area contributed by atoms with Gasteiger partial charge in [0.15, 0.2) is 0 Å². The molecule has 4 heteroatoms. The Labute approximate surface area is 127 Å². The fourth-order valence-corrected chi connectivity index (χ4v) is 2.48. The average Bonchev–Trinajstić information content (AvgIpc) is 2.53. The molecule has 0 atom stereocenters. The minimum absolute atomic E-state index is 0.0568. The monoisotopic (exact) mass is 296 g/mol. The number of aliphatic hydroxyl groups excluding tert-OH is 1. The van der Waals surface area contributed by atoms with E-state index in [9.17, 15) is 4.79 Å². The van der Waals surface area contributed by atoms with Crippen molar-refractivity contribution in [3.63, 3.8) is 0 Å². The molecular formula is C18H16O4. The molecule has 0 amide bonds. The van der Waals surface area contributed by atoms with Crippen LogP contribution in [0, 0.1) is 6.92 Å². The van der Waals surface area contributed by atoms with E-state index >= 15 is 0 Å². The first-order chi connectivity index (χ1) is 10.7. The van der Waals surface area contributed by atoms with Crippen molar-refractivity contribution >= 4 is 11.0 Å². The van der Waals surface area contributed by atoms with E-state index in [4.69, 9.17) is 14.3 Å². The van der Waals surface area contributed by atoms with E-state index in [0.29, 0.717) is 22.3 Å². The zero-order chi connectivity index (χ0) is 15.5. The molecule has 112 valence electrons. The van der Waals surface area contributed by atoms with Crippen LogP contribution in [0.5, 0.6) is 5.75 Å². The maximum atomic E-state index is 12.7. The van der Waals surface area contributed by atoms with Gasteiger partial charge in [-0.3, -0.25) is 4.79 Å². The molecule has 0 radical (unpaired) electrons. The molecule has 0 spiro atoms. The second-order valence-corrected chi connectivity index (χ2v) is 5.03. The van der Waals surface area contributed by atoms with Crippen molar-refractivity contribution in [2.45, 2.75) is 6.92 Å². The van der Waals surface area contributed by atoms with Crippen LogP contribution in [-0.2, 0) is 0 Å². The lowest BCUT2D eigenvalue weighted by Gasteiger charge is -2.09. The van der Waals surface area contributed by atoms with Gasteiger partial charge in [0.05, 0.1) is 17.6 Å². The summed E-state index contributed by atoms with van der Waals surface area (Å²) >= 11 is 0. The smallest absolute Gasteiger partial charge is 0.200 e. The number of aryl methyl sites for hydroxylation is 1. The molecule has 0 aliphatic heterocycles. The predicted molar refractivity (Wildman–Crippen MR) is 85.2 cm³/mol. The Hall–Kier alpha value is -2.59. The van der Waals surface area contributed by atoms with Crippen molar-refractivity contribution in [2.24, 2.45) is 0 Å². The van der Waals surface area contributed by atoms with Gasteiger partial charge in [-0.1, -0.05) is 30.3 Å². The highest BCUT2D eigenvalue weighted by Crippen LogP contribution is 2.26. The third-order valence-electron chi connectivity index (χ3n) is 3.49. The van der Waals surface area contributed by atoms with Gasteiger partial charge in [-0.2, -0.15) is 0 Å². The number of rotatable bonds is 4. The van der Waals surface area contributed by atoms with Gasteiger partial charge in [0.2, 0.25) is 5.43 Å². The van der Waals surface area contributed by atoms with Crippen LogP contribution in [0.3, 0.4) is 0 Å². The summed E-state index contributed by atoms with van der Waals surface area (Å²) in [5.41, 5.74) is 2.59. The number of aliphatic hydroxyl groups is 1. The van der Waals surface area contributed by atoms with Gasteiger partial charge in [0.1, 0.15) is 24.2 Å². The Morgan fingerprint density at radius 1 is 1.18 bits per heavy atom. The van der Waals surface area contributed by atoms with Gasteiger partial charge in [0, 0.05) is 6.07 Å². The molecule has 0 saturated heterocycles. The molecule has 4 nitrogen and oxygen atoms in total. The molecule has 3 rings (SSSR count). The highest BCUT2D eigenvalue weighted by Gasteiger charge is 2.12. The van der Waals surface area contributed by atoms with Crippen LogP contribution in [0.4, 0.5) is 0 Å².